The highest BCUT2D eigenvalue weighted by Crippen LogP contribution is 2.37. The summed E-state index contributed by atoms with van der Waals surface area (Å²) in [5, 5.41) is 3.51. The summed E-state index contributed by atoms with van der Waals surface area (Å²) < 4.78 is 38.8. The fraction of sp³-hybridized carbons (Fsp3) is 0.625. The maximum Gasteiger partial charge on any atom is 0.390 e. The molecule has 1 unspecified atom stereocenters. The van der Waals surface area contributed by atoms with E-state index in [-0.39, 0.29) is 18.7 Å². The number of nitrogens with one attached hydrogen (secondary N) is 1. The van der Waals surface area contributed by atoms with E-state index in [0.717, 1.165) is 30.8 Å². The van der Waals surface area contributed by atoms with Crippen LogP contribution >= 0.6 is 0 Å². The summed E-state index contributed by atoms with van der Waals surface area (Å²) in [7, 11) is 0. The van der Waals surface area contributed by atoms with Crippen LogP contribution in [0.5, 0.6) is 0 Å². The molecule has 0 spiro atoms. The van der Waals surface area contributed by atoms with Gasteiger partial charge in [0.15, 0.2) is 6.29 Å². The molecule has 1 amide bonds. The minimum Gasteiger partial charge on any atom is -0.350 e. The third kappa shape index (κ3) is 4.55. The monoisotopic (exact) mass is 450 g/mol. The van der Waals surface area contributed by atoms with E-state index in [4.69, 9.17) is 0 Å². The number of amides is 1. The zero-order valence-corrected chi connectivity index (χ0v) is 19.4. The Morgan fingerprint density at radius 2 is 1.75 bits per heavy atom. The molecule has 0 bridgehead atoms. The summed E-state index contributed by atoms with van der Waals surface area (Å²) in [6, 6.07) is 4.32. The van der Waals surface area contributed by atoms with Crippen LogP contribution < -0.4 is 10.2 Å². The number of alkyl halides is 3. The fourth-order valence-corrected chi connectivity index (χ4v) is 5.10. The number of benzene rings is 1. The van der Waals surface area contributed by atoms with Crippen LogP contribution in [0.25, 0.3) is 0 Å². The molecule has 1 saturated heterocycles. The second-order valence-electron chi connectivity index (χ2n) is 9.39. The van der Waals surface area contributed by atoms with Crippen molar-refractivity contribution >= 4 is 11.6 Å². The second-order valence-corrected chi connectivity index (χ2v) is 9.39. The molecule has 0 aromatic heterocycles. The summed E-state index contributed by atoms with van der Waals surface area (Å²) in [5.74, 6) is 0.0585. The van der Waals surface area contributed by atoms with Crippen LogP contribution in [0.2, 0.25) is 0 Å². The molecular weight excluding hydrogens is 417 g/mol. The number of carbonyl (C=O) groups is 1. The molecule has 2 aliphatic heterocycles. The average molecular weight is 451 g/mol. The zero-order valence-electron chi connectivity index (χ0n) is 19.4. The largest absolute Gasteiger partial charge is 0.390 e. The Morgan fingerprint density at radius 1 is 1.12 bits per heavy atom. The first kappa shape index (κ1) is 22.8. The number of carbonyl (C=O) groups excluding carboxylic acids is 1. The first-order valence-corrected chi connectivity index (χ1v) is 11.6. The van der Waals surface area contributed by atoms with Crippen LogP contribution in [0.15, 0.2) is 23.5 Å². The van der Waals surface area contributed by atoms with Gasteiger partial charge in [0, 0.05) is 37.6 Å². The number of hydrogen-bond acceptors (Lipinski definition) is 4. The van der Waals surface area contributed by atoms with Crippen LogP contribution in [0, 0.1) is 26.7 Å². The number of hydrogen-bond donors (Lipinski definition) is 1. The van der Waals surface area contributed by atoms with E-state index in [9.17, 15) is 18.0 Å². The van der Waals surface area contributed by atoms with Crippen molar-refractivity contribution in [2.24, 2.45) is 5.92 Å². The molecule has 0 radical (unpaired) electrons. The standard InChI is InChI=1S/C24H33F3N4O/c1-5-19-21(22(32)29(14-18-6-7-18)9-8-24(25,26)27)31-11-10-30(23(31)28-19)20-16(3)12-15(2)13-17(20)4/h12-13,18,23,28H,5-11,14H2,1-4H3. The molecule has 176 valence electrons. The van der Waals surface area contributed by atoms with Crippen molar-refractivity contribution < 1.29 is 18.0 Å². The normalized spacial score (nSPS) is 20.7. The molecule has 8 heteroatoms. The fourth-order valence-electron chi connectivity index (χ4n) is 5.10. The van der Waals surface area contributed by atoms with E-state index in [1.807, 2.05) is 11.8 Å². The Bertz CT molecular complexity index is 899. The van der Waals surface area contributed by atoms with Gasteiger partial charge in [-0.2, -0.15) is 13.2 Å². The van der Waals surface area contributed by atoms with Gasteiger partial charge in [-0.3, -0.25) is 4.79 Å². The van der Waals surface area contributed by atoms with Crippen LogP contribution in [-0.2, 0) is 4.79 Å². The maximum atomic E-state index is 13.6. The zero-order chi connectivity index (χ0) is 23.2. The summed E-state index contributed by atoms with van der Waals surface area (Å²) in [6.07, 6.45) is -2.82. The summed E-state index contributed by atoms with van der Waals surface area (Å²) >= 11 is 0. The lowest BCUT2D eigenvalue weighted by Crippen LogP contribution is -2.46. The third-order valence-electron chi connectivity index (χ3n) is 6.66. The first-order valence-electron chi connectivity index (χ1n) is 11.6. The molecule has 1 aromatic rings. The van der Waals surface area contributed by atoms with Gasteiger partial charge in [-0.25, -0.2) is 0 Å². The molecule has 2 heterocycles. The Hall–Kier alpha value is -2.38. The molecule has 1 aliphatic carbocycles. The average Bonchev–Trinajstić information content (AvgIpc) is 3.31. The number of rotatable bonds is 7. The van der Waals surface area contributed by atoms with Gasteiger partial charge in [0.2, 0.25) is 0 Å². The van der Waals surface area contributed by atoms with Gasteiger partial charge in [0.1, 0.15) is 5.70 Å². The number of nitrogens with zero attached hydrogens (tertiary/aromatic N) is 3. The predicted molar refractivity (Wildman–Crippen MR) is 119 cm³/mol. The number of allylic oxidation sites excluding steroid dienone is 1. The third-order valence-corrected chi connectivity index (χ3v) is 6.66. The molecule has 1 atom stereocenters. The molecule has 1 N–H and O–H groups in total. The van der Waals surface area contributed by atoms with Crippen molar-refractivity contribution in [2.45, 2.75) is 65.8 Å². The lowest BCUT2D eigenvalue weighted by atomic mass is 10.0. The van der Waals surface area contributed by atoms with E-state index in [1.54, 1.807) is 0 Å². The van der Waals surface area contributed by atoms with Gasteiger partial charge in [-0.05, 0) is 57.1 Å². The van der Waals surface area contributed by atoms with E-state index in [0.29, 0.717) is 31.1 Å². The lowest BCUT2D eigenvalue weighted by molar-refractivity contribution is -0.144. The summed E-state index contributed by atoms with van der Waals surface area (Å²) in [5.41, 5.74) is 6.11. The summed E-state index contributed by atoms with van der Waals surface area (Å²) in [6.45, 7) is 9.80. The van der Waals surface area contributed by atoms with Crippen molar-refractivity contribution in [3.63, 3.8) is 0 Å². The van der Waals surface area contributed by atoms with Crippen molar-refractivity contribution in [3.8, 4) is 0 Å². The highest BCUT2D eigenvalue weighted by molar-refractivity contribution is 5.94. The summed E-state index contributed by atoms with van der Waals surface area (Å²) in [4.78, 5) is 19.3. The van der Waals surface area contributed by atoms with E-state index in [2.05, 4.69) is 43.1 Å². The van der Waals surface area contributed by atoms with Crippen molar-refractivity contribution in [1.29, 1.82) is 0 Å². The number of halogens is 3. The number of anilines is 1. The second kappa shape index (κ2) is 8.52. The number of fused-ring (bicyclic) bond motifs is 1. The minimum atomic E-state index is -4.27. The highest BCUT2D eigenvalue weighted by Gasteiger charge is 2.44. The lowest BCUT2D eigenvalue weighted by Gasteiger charge is -2.31. The van der Waals surface area contributed by atoms with Crippen molar-refractivity contribution in [3.05, 3.63) is 40.2 Å². The van der Waals surface area contributed by atoms with Crippen molar-refractivity contribution in [2.75, 3.05) is 31.1 Å². The molecule has 1 saturated carbocycles. The van der Waals surface area contributed by atoms with E-state index >= 15 is 0 Å². The van der Waals surface area contributed by atoms with Gasteiger partial charge in [-0.15, -0.1) is 0 Å². The molecular formula is C24H33F3N4O. The van der Waals surface area contributed by atoms with Gasteiger partial charge in [0.25, 0.3) is 5.91 Å². The smallest absolute Gasteiger partial charge is 0.350 e. The van der Waals surface area contributed by atoms with Crippen LogP contribution in [0.3, 0.4) is 0 Å². The Kier molecular flexibility index (Phi) is 6.07. The van der Waals surface area contributed by atoms with Crippen LogP contribution in [0.4, 0.5) is 18.9 Å². The van der Waals surface area contributed by atoms with Gasteiger partial charge >= 0.3 is 6.18 Å². The molecule has 5 nitrogen and oxygen atoms in total. The van der Waals surface area contributed by atoms with Crippen molar-refractivity contribution in [1.82, 2.24) is 15.1 Å². The topological polar surface area (TPSA) is 38.8 Å². The van der Waals surface area contributed by atoms with Gasteiger partial charge in [-0.1, -0.05) is 24.6 Å². The van der Waals surface area contributed by atoms with E-state index in [1.165, 1.54) is 21.6 Å². The quantitative estimate of drug-likeness (QED) is 0.667. The maximum absolute atomic E-state index is 13.6. The molecule has 2 fully saturated rings. The Morgan fingerprint density at radius 3 is 2.31 bits per heavy atom. The molecule has 1 aromatic carbocycles. The van der Waals surface area contributed by atoms with Crippen LogP contribution in [-0.4, -0.2) is 54.4 Å². The molecule has 3 aliphatic rings. The number of aryl methyl sites for hydroxylation is 3. The first-order chi connectivity index (χ1) is 15.1. The molecule has 32 heavy (non-hydrogen) atoms. The van der Waals surface area contributed by atoms with Gasteiger partial charge < -0.3 is 20.0 Å². The van der Waals surface area contributed by atoms with Crippen LogP contribution in [0.1, 0.15) is 49.3 Å². The van der Waals surface area contributed by atoms with Gasteiger partial charge in [0.05, 0.1) is 6.42 Å². The SMILES string of the molecule is CCC1=C(C(=O)N(CCC(F)(F)F)CC2CC2)N2CCN(c3c(C)cc(C)cc3C)C2N1. The van der Waals surface area contributed by atoms with E-state index < -0.39 is 12.6 Å². The Labute approximate surface area is 188 Å². The predicted octanol–water partition coefficient (Wildman–Crippen LogP) is 4.43. The minimum absolute atomic E-state index is 0.186. The Balaban J connectivity index is 1.58. The highest BCUT2D eigenvalue weighted by atomic mass is 19.4. The molecule has 4 rings (SSSR count).